The molecule has 3 aromatic carbocycles. The highest BCUT2D eigenvalue weighted by Crippen LogP contribution is 2.32. The molecule has 13 heteroatoms. The number of imidazole rings is 1. The topological polar surface area (TPSA) is 161 Å². The summed E-state index contributed by atoms with van der Waals surface area (Å²) in [5.41, 5.74) is 12.4. The van der Waals surface area contributed by atoms with E-state index < -0.39 is 11.9 Å². The number of benzene rings is 3. The number of rotatable bonds is 11. The fourth-order valence-corrected chi connectivity index (χ4v) is 6.98. The van der Waals surface area contributed by atoms with E-state index in [1.807, 2.05) is 30.3 Å². The third-order valence-corrected chi connectivity index (χ3v) is 9.85. The molecule has 4 N–H and O–H groups in total. The first-order chi connectivity index (χ1) is 24.7. The minimum absolute atomic E-state index is 0.148. The lowest BCUT2D eigenvalue weighted by molar-refractivity contribution is -0.135. The van der Waals surface area contributed by atoms with Gasteiger partial charge in [-0.15, -0.1) is 10.2 Å². The van der Waals surface area contributed by atoms with Gasteiger partial charge in [-0.05, 0) is 59.9 Å². The summed E-state index contributed by atoms with van der Waals surface area (Å²) >= 11 is 0. The van der Waals surface area contributed by atoms with Crippen LogP contribution in [0.1, 0.15) is 36.4 Å². The first kappa shape index (κ1) is 34.1. The molecule has 2 fully saturated rings. The van der Waals surface area contributed by atoms with Gasteiger partial charge in [0.05, 0.1) is 23.3 Å². The van der Waals surface area contributed by atoms with Gasteiger partial charge >= 0.3 is 5.69 Å². The zero-order valence-corrected chi connectivity index (χ0v) is 28.6. The summed E-state index contributed by atoms with van der Waals surface area (Å²) in [6.45, 7) is 6.89. The van der Waals surface area contributed by atoms with E-state index in [1.54, 1.807) is 29.8 Å². The quantitative estimate of drug-likeness (QED) is 0.138. The number of hydrogen-bond acceptors (Lipinski definition) is 10. The van der Waals surface area contributed by atoms with Crippen molar-refractivity contribution in [1.82, 2.24) is 34.4 Å². The molecule has 2 aliphatic rings. The summed E-state index contributed by atoms with van der Waals surface area (Å²) in [4.78, 5) is 42.0. The Kier molecular flexibility index (Phi) is 9.93. The van der Waals surface area contributed by atoms with Crippen LogP contribution in [0.2, 0.25) is 0 Å². The zero-order chi connectivity index (χ0) is 35.5. The van der Waals surface area contributed by atoms with E-state index >= 15 is 0 Å². The van der Waals surface area contributed by atoms with Crippen LogP contribution in [0.4, 0.5) is 5.82 Å². The van der Waals surface area contributed by atoms with Crippen LogP contribution in [-0.2, 0) is 34.5 Å². The van der Waals surface area contributed by atoms with E-state index in [9.17, 15) is 19.5 Å². The number of hydrogen-bond donors (Lipinski definition) is 3. The molecule has 0 aliphatic carbocycles. The fourth-order valence-electron chi connectivity index (χ4n) is 6.98. The van der Waals surface area contributed by atoms with Gasteiger partial charge in [-0.2, -0.15) is 0 Å². The molecule has 13 nitrogen and oxygen atoms in total. The Bertz CT molecular complexity index is 2120. The normalized spacial score (nSPS) is 17.2. The number of aromatic hydroxyl groups is 1. The minimum Gasteiger partial charge on any atom is -0.507 e. The number of amides is 2. The second-order valence-corrected chi connectivity index (χ2v) is 13.3. The van der Waals surface area contributed by atoms with Crippen molar-refractivity contribution in [2.24, 2.45) is 7.05 Å². The number of piperazine rings is 1. The number of fused-ring (bicyclic) bond motifs is 1. The number of nitrogens with two attached hydrogens (primary N) is 1. The van der Waals surface area contributed by atoms with Crippen molar-refractivity contribution < 1.29 is 19.4 Å². The zero-order valence-electron chi connectivity index (χ0n) is 28.6. The van der Waals surface area contributed by atoms with Gasteiger partial charge in [0.15, 0.2) is 5.82 Å². The number of phenols is 1. The summed E-state index contributed by atoms with van der Waals surface area (Å²) in [5.74, 6) is -0.250. The average molecular weight is 691 g/mol. The van der Waals surface area contributed by atoms with E-state index in [4.69, 9.17) is 10.5 Å². The van der Waals surface area contributed by atoms with Gasteiger partial charge in [0, 0.05) is 70.5 Å². The molecule has 7 rings (SSSR count). The molecular weight excluding hydrogens is 648 g/mol. The van der Waals surface area contributed by atoms with Crippen LogP contribution in [0.5, 0.6) is 5.75 Å². The van der Waals surface area contributed by atoms with Crippen molar-refractivity contribution >= 4 is 28.7 Å². The summed E-state index contributed by atoms with van der Waals surface area (Å²) in [5, 5.41) is 20.9. The SMILES string of the molecule is Cn1c(=O)n(C2CCC(=O)NC2=O)c2ccc(COCCCN3CCN(Cc4ccc(-c5cc(-c6ccccc6O)nnc5N)cc4)CC3)cc21. The van der Waals surface area contributed by atoms with E-state index in [1.165, 1.54) is 10.1 Å². The minimum atomic E-state index is -0.696. The molecule has 0 bridgehead atoms. The lowest BCUT2D eigenvalue weighted by atomic mass is 10.0. The van der Waals surface area contributed by atoms with Crippen LogP contribution >= 0.6 is 0 Å². The molecular formula is C38H42N8O5. The molecule has 2 amide bonds. The number of nitrogens with one attached hydrogen (secondary N) is 1. The van der Waals surface area contributed by atoms with Gasteiger partial charge in [-0.25, -0.2) is 4.79 Å². The van der Waals surface area contributed by atoms with Gasteiger partial charge in [0.25, 0.3) is 0 Å². The number of phenolic OH excluding ortho intramolecular Hbond substituents is 1. The summed E-state index contributed by atoms with van der Waals surface area (Å²) in [6, 6.07) is 22.3. The number of piperidine rings is 1. The van der Waals surface area contributed by atoms with Crippen LogP contribution in [-0.4, -0.2) is 85.4 Å². The highest BCUT2D eigenvalue weighted by molar-refractivity contribution is 6.00. The smallest absolute Gasteiger partial charge is 0.329 e. The maximum Gasteiger partial charge on any atom is 0.329 e. The first-order valence-corrected chi connectivity index (χ1v) is 17.3. The molecule has 51 heavy (non-hydrogen) atoms. The lowest BCUT2D eigenvalue weighted by Crippen LogP contribution is -2.46. The predicted molar refractivity (Wildman–Crippen MR) is 194 cm³/mol. The van der Waals surface area contributed by atoms with Crippen LogP contribution in [0.25, 0.3) is 33.4 Å². The Morgan fingerprint density at radius 3 is 2.39 bits per heavy atom. The molecule has 264 valence electrons. The Balaban J connectivity index is 0.853. The van der Waals surface area contributed by atoms with Crippen LogP contribution in [0, 0.1) is 0 Å². The van der Waals surface area contributed by atoms with Crippen molar-refractivity contribution in [2.75, 3.05) is 45.1 Å². The standard InChI is InChI=1S/C38H42N8O5/c1-43-33-21-26(9-12-31(33)46(38(43)50)32-13-14-35(48)40-37(32)49)24-51-20-4-15-44-16-18-45(19-17-44)23-25-7-10-27(11-8-25)29-22-30(41-42-36(29)39)28-5-2-3-6-34(28)47/h2-3,5-12,21-22,32,47H,4,13-20,23-24H2,1H3,(H2,39,42)(H,40,48,49). The van der Waals surface area contributed by atoms with Crippen molar-refractivity contribution in [3.63, 3.8) is 0 Å². The number of nitrogens with zero attached hydrogens (tertiary/aromatic N) is 6. The van der Waals surface area contributed by atoms with E-state index in [-0.39, 0.29) is 23.8 Å². The second kappa shape index (κ2) is 14.9. The summed E-state index contributed by atoms with van der Waals surface area (Å²) < 4.78 is 9.04. The molecule has 2 aliphatic heterocycles. The third-order valence-electron chi connectivity index (χ3n) is 9.85. The number of aromatic nitrogens is 4. The highest BCUT2D eigenvalue weighted by Gasteiger charge is 2.31. The Hall–Kier alpha value is -5.37. The molecule has 5 aromatic rings. The molecule has 0 saturated carbocycles. The number of carbonyl (C=O) groups excluding carboxylic acids is 2. The lowest BCUT2D eigenvalue weighted by Gasteiger charge is -2.34. The molecule has 4 heterocycles. The molecule has 2 aromatic heterocycles. The summed E-state index contributed by atoms with van der Waals surface area (Å²) in [6.07, 6.45) is 1.45. The van der Waals surface area contributed by atoms with E-state index in [2.05, 4.69) is 49.6 Å². The van der Waals surface area contributed by atoms with Crippen molar-refractivity contribution in [3.05, 3.63) is 94.4 Å². The van der Waals surface area contributed by atoms with Gasteiger partial charge in [0.1, 0.15) is 11.8 Å². The summed E-state index contributed by atoms with van der Waals surface area (Å²) in [7, 11) is 1.70. The van der Waals surface area contributed by atoms with Gasteiger partial charge in [-0.3, -0.25) is 28.9 Å². The Morgan fingerprint density at radius 2 is 1.63 bits per heavy atom. The van der Waals surface area contributed by atoms with Gasteiger partial charge < -0.3 is 20.5 Å². The largest absolute Gasteiger partial charge is 0.507 e. The maximum atomic E-state index is 13.0. The Labute approximate surface area is 295 Å². The number of nitrogen functional groups attached to an aromatic ring is 1. The van der Waals surface area contributed by atoms with Crippen LogP contribution < -0.4 is 16.7 Å². The van der Waals surface area contributed by atoms with Gasteiger partial charge in [-0.1, -0.05) is 42.5 Å². The number of aryl methyl sites for hydroxylation is 1. The molecule has 0 radical (unpaired) electrons. The third kappa shape index (κ3) is 7.41. The predicted octanol–water partition coefficient (Wildman–Crippen LogP) is 3.45. The van der Waals surface area contributed by atoms with Gasteiger partial charge in [0.2, 0.25) is 11.8 Å². The molecule has 2 saturated heterocycles. The fraction of sp³-hybridized carbons (Fsp3) is 0.342. The van der Waals surface area contributed by atoms with Crippen LogP contribution in [0.15, 0.2) is 77.6 Å². The Morgan fingerprint density at radius 1 is 0.882 bits per heavy atom. The molecule has 1 unspecified atom stereocenters. The van der Waals surface area contributed by atoms with E-state index in [0.717, 1.165) is 67.9 Å². The van der Waals surface area contributed by atoms with E-state index in [0.29, 0.717) is 42.2 Å². The van der Waals surface area contributed by atoms with Crippen molar-refractivity contribution in [3.8, 4) is 28.1 Å². The number of ether oxygens (including phenoxy) is 1. The number of para-hydroxylation sites is 1. The molecule has 1 atom stereocenters. The number of carbonyl (C=O) groups is 2. The first-order valence-electron chi connectivity index (χ1n) is 17.3. The molecule has 0 spiro atoms. The number of anilines is 1. The second-order valence-electron chi connectivity index (χ2n) is 13.3. The van der Waals surface area contributed by atoms with Crippen molar-refractivity contribution in [2.45, 2.75) is 38.5 Å². The highest BCUT2D eigenvalue weighted by atomic mass is 16.5. The number of imide groups is 1. The van der Waals surface area contributed by atoms with Crippen LogP contribution in [0.3, 0.4) is 0 Å². The monoisotopic (exact) mass is 690 g/mol. The van der Waals surface area contributed by atoms with Crippen molar-refractivity contribution in [1.29, 1.82) is 0 Å². The maximum absolute atomic E-state index is 13.0. The average Bonchev–Trinajstić information content (AvgIpc) is 3.38.